The number of aliphatic hydroxyl groups excluding tert-OH is 1. The third kappa shape index (κ3) is 4.71. The molecule has 0 spiro atoms. The fraction of sp³-hybridized carbons (Fsp3) is 0.400. The number of likely N-dealkylation sites (tertiary alicyclic amines) is 1. The van der Waals surface area contributed by atoms with Crippen LogP contribution in [0.25, 0.3) is 11.1 Å². The van der Waals surface area contributed by atoms with E-state index in [1.807, 2.05) is 42.5 Å². The van der Waals surface area contributed by atoms with Crippen LogP contribution in [0.1, 0.15) is 19.3 Å². The van der Waals surface area contributed by atoms with Gasteiger partial charge in [0.15, 0.2) is 0 Å². The van der Waals surface area contributed by atoms with Crippen LogP contribution in [0.3, 0.4) is 0 Å². The summed E-state index contributed by atoms with van der Waals surface area (Å²) >= 11 is 0. The molecule has 0 bridgehead atoms. The smallest absolute Gasteiger partial charge is 0.240 e. The van der Waals surface area contributed by atoms with Gasteiger partial charge in [-0.25, -0.2) is 13.1 Å². The van der Waals surface area contributed by atoms with E-state index in [0.29, 0.717) is 13.1 Å². The Bertz CT molecular complexity index is 792. The number of nitrogens with zero attached hydrogens (tertiary/aromatic N) is 1. The van der Waals surface area contributed by atoms with Gasteiger partial charge in [0.1, 0.15) is 0 Å². The molecule has 0 amide bonds. The monoisotopic (exact) mass is 374 g/mol. The van der Waals surface area contributed by atoms with Gasteiger partial charge in [-0.2, -0.15) is 0 Å². The summed E-state index contributed by atoms with van der Waals surface area (Å²) in [5.74, 6) is 0. The van der Waals surface area contributed by atoms with E-state index in [9.17, 15) is 13.5 Å². The molecule has 1 aliphatic heterocycles. The van der Waals surface area contributed by atoms with Gasteiger partial charge in [0.25, 0.3) is 0 Å². The molecular formula is C20H26N2O3S. The third-order valence-electron chi connectivity index (χ3n) is 4.92. The summed E-state index contributed by atoms with van der Waals surface area (Å²) in [5.41, 5.74) is 2.05. The zero-order chi connectivity index (χ0) is 18.4. The quantitative estimate of drug-likeness (QED) is 0.781. The summed E-state index contributed by atoms with van der Waals surface area (Å²) in [5, 5.41) is 9.44. The molecule has 1 fully saturated rings. The van der Waals surface area contributed by atoms with Crippen molar-refractivity contribution in [2.45, 2.75) is 30.2 Å². The van der Waals surface area contributed by atoms with Crippen LogP contribution in [-0.2, 0) is 10.0 Å². The summed E-state index contributed by atoms with van der Waals surface area (Å²) in [7, 11) is -3.52. The van der Waals surface area contributed by atoms with Crippen molar-refractivity contribution in [2.24, 2.45) is 0 Å². The number of aliphatic hydroxyl groups is 1. The number of piperidine rings is 1. The van der Waals surface area contributed by atoms with Gasteiger partial charge in [0, 0.05) is 19.1 Å². The van der Waals surface area contributed by atoms with Gasteiger partial charge in [0.05, 0.1) is 11.5 Å². The Hall–Kier alpha value is -1.73. The fourth-order valence-corrected chi connectivity index (χ4v) is 4.45. The molecule has 2 aromatic carbocycles. The van der Waals surface area contributed by atoms with Gasteiger partial charge in [-0.05, 0) is 42.6 Å². The van der Waals surface area contributed by atoms with E-state index in [1.54, 1.807) is 12.1 Å². The Morgan fingerprint density at radius 2 is 1.69 bits per heavy atom. The molecule has 0 radical (unpaired) electrons. The molecule has 5 nitrogen and oxygen atoms in total. The van der Waals surface area contributed by atoms with E-state index in [-0.39, 0.29) is 17.5 Å². The van der Waals surface area contributed by atoms with Gasteiger partial charge in [-0.3, -0.25) is 4.90 Å². The lowest BCUT2D eigenvalue weighted by atomic mass is 10.0. The average molecular weight is 375 g/mol. The zero-order valence-corrected chi connectivity index (χ0v) is 15.7. The van der Waals surface area contributed by atoms with Crippen molar-refractivity contribution in [2.75, 3.05) is 26.2 Å². The molecule has 1 heterocycles. The van der Waals surface area contributed by atoms with Crippen LogP contribution in [0.2, 0.25) is 0 Å². The Kier molecular flexibility index (Phi) is 6.43. The van der Waals surface area contributed by atoms with E-state index in [1.165, 1.54) is 0 Å². The number of hydrogen-bond acceptors (Lipinski definition) is 4. The second-order valence-electron chi connectivity index (χ2n) is 6.66. The number of sulfonamides is 1. The SMILES string of the molecule is O=S(=O)(NCCN1CCCC[C@@H]1CO)c1ccc(-c2ccccc2)cc1. The first kappa shape index (κ1) is 19.0. The molecule has 3 rings (SSSR count). The maximum absolute atomic E-state index is 12.5. The molecule has 1 atom stereocenters. The Labute approximate surface area is 155 Å². The first-order valence-electron chi connectivity index (χ1n) is 9.10. The van der Waals surface area contributed by atoms with Gasteiger partial charge in [0.2, 0.25) is 10.0 Å². The first-order valence-corrected chi connectivity index (χ1v) is 10.6. The average Bonchev–Trinajstić information content (AvgIpc) is 2.69. The second kappa shape index (κ2) is 8.77. The molecule has 0 saturated carbocycles. The van der Waals surface area contributed by atoms with Gasteiger partial charge < -0.3 is 5.11 Å². The van der Waals surface area contributed by atoms with Crippen molar-refractivity contribution in [1.82, 2.24) is 9.62 Å². The van der Waals surface area contributed by atoms with Crippen LogP contribution in [0.4, 0.5) is 0 Å². The van der Waals surface area contributed by atoms with E-state index in [0.717, 1.165) is 36.9 Å². The minimum Gasteiger partial charge on any atom is -0.395 e. The summed E-state index contributed by atoms with van der Waals surface area (Å²) in [6.45, 7) is 2.01. The van der Waals surface area contributed by atoms with Crippen LogP contribution in [0.15, 0.2) is 59.5 Å². The predicted molar refractivity (Wildman–Crippen MR) is 103 cm³/mol. The molecule has 0 unspecified atom stereocenters. The molecule has 140 valence electrons. The Morgan fingerprint density at radius 1 is 1.00 bits per heavy atom. The maximum Gasteiger partial charge on any atom is 0.240 e. The minimum atomic E-state index is -3.52. The molecule has 1 aliphatic rings. The van der Waals surface area contributed by atoms with Gasteiger partial charge >= 0.3 is 0 Å². The van der Waals surface area contributed by atoms with Crippen molar-refractivity contribution in [3.8, 4) is 11.1 Å². The normalized spacial score (nSPS) is 18.7. The maximum atomic E-state index is 12.5. The van der Waals surface area contributed by atoms with Crippen LogP contribution in [-0.4, -0.2) is 50.7 Å². The van der Waals surface area contributed by atoms with Crippen LogP contribution in [0.5, 0.6) is 0 Å². The van der Waals surface area contributed by atoms with E-state index >= 15 is 0 Å². The number of nitrogens with one attached hydrogen (secondary N) is 1. The molecule has 26 heavy (non-hydrogen) atoms. The highest BCUT2D eigenvalue weighted by atomic mass is 32.2. The summed E-state index contributed by atoms with van der Waals surface area (Å²) in [6, 6.07) is 17.0. The summed E-state index contributed by atoms with van der Waals surface area (Å²) < 4.78 is 27.7. The lowest BCUT2D eigenvalue weighted by Crippen LogP contribution is -2.45. The van der Waals surface area contributed by atoms with E-state index in [4.69, 9.17) is 0 Å². The largest absolute Gasteiger partial charge is 0.395 e. The van der Waals surface area contributed by atoms with Crippen LogP contribution in [0, 0.1) is 0 Å². The van der Waals surface area contributed by atoms with Crippen molar-refractivity contribution in [3.63, 3.8) is 0 Å². The van der Waals surface area contributed by atoms with Gasteiger partial charge in [-0.1, -0.05) is 48.9 Å². The molecule has 6 heteroatoms. The van der Waals surface area contributed by atoms with Crippen molar-refractivity contribution in [3.05, 3.63) is 54.6 Å². The topological polar surface area (TPSA) is 69.6 Å². The molecule has 1 saturated heterocycles. The third-order valence-corrected chi connectivity index (χ3v) is 6.40. The minimum absolute atomic E-state index is 0.133. The van der Waals surface area contributed by atoms with Crippen molar-refractivity contribution >= 4 is 10.0 Å². The zero-order valence-electron chi connectivity index (χ0n) is 14.8. The highest BCUT2D eigenvalue weighted by Gasteiger charge is 2.22. The number of rotatable bonds is 7. The highest BCUT2D eigenvalue weighted by molar-refractivity contribution is 7.89. The van der Waals surface area contributed by atoms with Crippen LogP contribution < -0.4 is 4.72 Å². The summed E-state index contributed by atoms with van der Waals surface area (Å²) in [6.07, 6.45) is 3.20. The molecule has 0 aliphatic carbocycles. The second-order valence-corrected chi connectivity index (χ2v) is 8.42. The molecule has 2 aromatic rings. The highest BCUT2D eigenvalue weighted by Crippen LogP contribution is 2.21. The lowest BCUT2D eigenvalue weighted by Gasteiger charge is -2.34. The standard InChI is InChI=1S/C20H26N2O3S/c23-16-19-8-4-5-14-22(19)15-13-21-26(24,25)20-11-9-18(10-12-20)17-6-2-1-3-7-17/h1-3,6-7,9-12,19,21,23H,4-5,8,13-16H2/t19-/m1/s1. The molecule has 2 N–H and O–H groups in total. The lowest BCUT2D eigenvalue weighted by molar-refractivity contribution is 0.0923. The first-order chi connectivity index (χ1) is 12.6. The van der Waals surface area contributed by atoms with Crippen LogP contribution >= 0.6 is 0 Å². The van der Waals surface area contributed by atoms with Crippen molar-refractivity contribution in [1.29, 1.82) is 0 Å². The van der Waals surface area contributed by atoms with E-state index < -0.39 is 10.0 Å². The number of hydrogen-bond donors (Lipinski definition) is 2. The summed E-state index contributed by atoms with van der Waals surface area (Å²) in [4.78, 5) is 2.44. The van der Waals surface area contributed by atoms with E-state index in [2.05, 4.69) is 9.62 Å². The molecular weight excluding hydrogens is 348 g/mol. The molecule has 0 aromatic heterocycles. The Morgan fingerprint density at radius 3 is 2.38 bits per heavy atom. The van der Waals surface area contributed by atoms with Crippen molar-refractivity contribution < 1.29 is 13.5 Å². The van der Waals surface area contributed by atoms with Gasteiger partial charge in [-0.15, -0.1) is 0 Å². The fourth-order valence-electron chi connectivity index (χ4n) is 3.43. The Balaban J connectivity index is 1.59. The predicted octanol–water partition coefficient (Wildman–Crippen LogP) is 2.48. The number of benzene rings is 2.